The molecular weight excluding hydrogens is 444 g/mol. The van der Waals surface area contributed by atoms with Crippen LogP contribution in [0, 0.1) is 5.92 Å². The highest BCUT2D eigenvalue weighted by molar-refractivity contribution is 5.80. The molecule has 2 N–H and O–H groups in total. The highest BCUT2D eigenvalue weighted by Gasteiger charge is 2.32. The van der Waals surface area contributed by atoms with Crippen molar-refractivity contribution in [2.24, 2.45) is 5.92 Å². The van der Waals surface area contributed by atoms with E-state index in [1.54, 1.807) is 4.90 Å². The van der Waals surface area contributed by atoms with Crippen molar-refractivity contribution in [3.63, 3.8) is 0 Å². The minimum absolute atomic E-state index is 0.00134. The zero-order valence-electron chi connectivity index (χ0n) is 20.2. The van der Waals surface area contributed by atoms with Gasteiger partial charge in [0.25, 0.3) is 0 Å². The first-order valence-electron chi connectivity index (χ1n) is 12.6. The van der Waals surface area contributed by atoms with Gasteiger partial charge in [-0.15, -0.1) is 0 Å². The number of likely N-dealkylation sites (tertiary alicyclic amines) is 1. The third-order valence-corrected chi connectivity index (χ3v) is 7.04. The maximum Gasteiger partial charge on any atom is 0.407 e. The van der Waals surface area contributed by atoms with E-state index in [0.717, 1.165) is 24.0 Å². The molecule has 0 saturated carbocycles. The maximum absolute atomic E-state index is 12.7. The number of amides is 2. The highest BCUT2D eigenvalue weighted by Crippen LogP contribution is 2.44. The summed E-state index contributed by atoms with van der Waals surface area (Å²) in [6.45, 7) is 3.61. The van der Waals surface area contributed by atoms with Gasteiger partial charge >= 0.3 is 12.1 Å². The Bertz CT molecular complexity index is 1020. The summed E-state index contributed by atoms with van der Waals surface area (Å²) in [6, 6.07) is 16.2. The molecule has 1 saturated heterocycles. The Hall–Kier alpha value is -3.35. The van der Waals surface area contributed by atoms with E-state index in [9.17, 15) is 14.4 Å². The number of carboxylic acid groups (broad SMARTS) is 1. The van der Waals surface area contributed by atoms with Gasteiger partial charge in [-0.25, -0.2) is 4.79 Å². The van der Waals surface area contributed by atoms with E-state index in [1.807, 2.05) is 31.2 Å². The van der Waals surface area contributed by atoms with Gasteiger partial charge < -0.3 is 20.1 Å². The number of benzene rings is 2. The van der Waals surface area contributed by atoms with Gasteiger partial charge in [0, 0.05) is 37.9 Å². The Balaban J connectivity index is 1.26. The number of carbonyl (C=O) groups is 3. The smallest absolute Gasteiger partial charge is 0.407 e. The second-order valence-electron chi connectivity index (χ2n) is 9.61. The first-order chi connectivity index (χ1) is 17.0. The van der Waals surface area contributed by atoms with Crippen molar-refractivity contribution in [3.8, 4) is 11.1 Å². The average molecular weight is 479 g/mol. The molecule has 0 unspecified atom stereocenters. The van der Waals surface area contributed by atoms with Crippen molar-refractivity contribution in [1.29, 1.82) is 0 Å². The van der Waals surface area contributed by atoms with E-state index in [1.165, 1.54) is 11.1 Å². The SMILES string of the molecule is CCC[C@H](CC(=O)N1CC(CCCC(=O)O)C1)NC(=O)OCC1c2ccccc2-c2ccccc21. The molecule has 2 amide bonds. The lowest BCUT2D eigenvalue weighted by atomic mass is 9.93. The Morgan fingerprint density at radius 2 is 1.69 bits per heavy atom. The molecule has 7 nitrogen and oxygen atoms in total. The van der Waals surface area contributed by atoms with Crippen molar-refractivity contribution in [1.82, 2.24) is 10.2 Å². The predicted octanol–water partition coefficient (Wildman–Crippen LogP) is 4.80. The van der Waals surface area contributed by atoms with E-state index >= 15 is 0 Å². The average Bonchev–Trinajstić information content (AvgIpc) is 3.13. The second kappa shape index (κ2) is 11.4. The monoisotopic (exact) mass is 478 g/mol. The zero-order valence-corrected chi connectivity index (χ0v) is 20.2. The number of carboxylic acids is 1. The van der Waals surface area contributed by atoms with Crippen molar-refractivity contribution >= 4 is 18.0 Å². The lowest BCUT2D eigenvalue weighted by Gasteiger charge is -2.40. The van der Waals surface area contributed by atoms with Gasteiger partial charge in [0.2, 0.25) is 5.91 Å². The minimum Gasteiger partial charge on any atom is -0.481 e. The van der Waals surface area contributed by atoms with Crippen LogP contribution in [0.4, 0.5) is 4.79 Å². The lowest BCUT2D eigenvalue weighted by Crippen LogP contribution is -2.51. The number of hydrogen-bond donors (Lipinski definition) is 2. The van der Waals surface area contributed by atoms with E-state index in [0.29, 0.717) is 31.8 Å². The number of rotatable bonds is 11. The number of alkyl carbamates (subject to hydrolysis) is 1. The molecule has 7 heteroatoms. The van der Waals surface area contributed by atoms with Crippen molar-refractivity contribution in [2.75, 3.05) is 19.7 Å². The normalized spacial score (nSPS) is 15.6. The topological polar surface area (TPSA) is 95.9 Å². The number of nitrogens with one attached hydrogen (secondary N) is 1. The summed E-state index contributed by atoms with van der Waals surface area (Å²) in [7, 11) is 0. The fraction of sp³-hybridized carbons (Fsp3) is 0.464. The Labute approximate surface area is 206 Å². The standard InChI is InChI=1S/C28H34N2O5/c1-2-8-20(15-26(31)30-16-19(17-30)9-7-14-27(32)33)29-28(34)35-18-25-23-12-5-3-10-21(23)22-11-4-6-13-24(22)25/h3-6,10-13,19-20,25H,2,7-9,14-18H2,1H3,(H,29,34)(H,32,33)/t20-/m1/s1. The van der Waals surface area contributed by atoms with E-state index < -0.39 is 12.1 Å². The van der Waals surface area contributed by atoms with Crippen LogP contribution in [0.3, 0.4) is 0 Å². The minimum atomic E-state index is -0.779. The molecule has 2 aromatic carbocycles. The van der Waals surface area contributed by atoms with Crippen LogP contribution in [0.25, 0.3) is 11.1 Å². The van der Waals surface area contributed by atoms with Crippen molar-refractivity contribution < 1.29 is 24.2 Å². The fourth-order valence-electron chi connectivity index (χ4n) is 5.22. The van der Waals surface area contributed by atoms with Crippen LogP contribution in [0.5, 0.6) is 0 Å². The van der Waals surface area contributed by atoms with Gasteiger partial charge in [-0.1, -0.05) is 61.9 Å². The first kappa shape index (κ1) is 24.8. The molecule has 0 radical (unpaired) electrons. The summed E-state index contributed by atoms with van der Waals surface area (Å²) in [5, 5.41) is 11.7. The third kappa shape index (κ3) is 6.02. The van der Waals surface area contributed by atoms with Crippen molar-refractivity contribution in [3.05, 3.63) is 59.7 Å². The number of carbonyl (C=O) groups excluding carboxylic acids is 2. The quantitative estimate of drug-likeness (QED) is 0.484. The van der Waals surface area contributed by atoms with Crippen LogP contribution < -0.4 is 5.32 Å². The van der Waals surface area contributed by atoms with E-state index in [2.05, 4.69) is 29.6 Å². The molecular formula is C28H34N2O5. The molecule has 0 bridgehead atoms. The van der Waals surface area contributed by atoms with E-state index in [4.69, 9.17) is 9.84 Å². The van der Waals surface area contributed by atoms with Gasteiger partial charge in [0.1, 0.15) is 6.61 Å². The molecule has 2 aromatic rings. The summed E-state index contributed by atoms with van der Waals surface area (Å²) >= 11 is 0. The Morgan fingerprint density at radius 3 is 2.29 bits per heavy atom. The molecule has 186 valence electrons. The molecule has 1 aliphatic heterocycles. The first-order valence-corrected chi connectivity index (χ1v) is 12.6. The van der Waals surface area contributed by atoms with Crippen molar-refractivity contribution in [2.45, 2.75) is 57.4 Å². The Kier molecular flexibility index (Phi) is 8.06. The van der Waals surface area contributed by atoms with Gasteiger partial charge in [0.05, 0.1) is 0 Å². The molecule has 35 heavy (non-hydrogen) atoms. The third-order valence-electron chi connectivity index (χ3n) is 7.04. The Morgan fingerprint density at radius 1 is 1.06 bits per heavy atom. The molecule has 1 aliphatic carbocycles. The number of hydrogen-bond acceptors (Lipinski definition) is 4. The van der Waals surface area contributed by atoms with Crippen LogP contribution in [0.2, 0.25) is 0 Å². The van der Waals surface area contributed by atoms with Gasteiger partial charge in [-0.3, -0.25) is 9.59 Å². The zero-order chi connectivity index (χ0) is 24.8. The summed E-state index contributed by atoms with van der Waals surface area (Å²) in [5.74, 6) is -0.382. The highest BCUT2D eigenvalue weighted by atomic mass is 16.5. The van der Waals surface area contributed by atoms with Gasteiger partial charge in [0.15, 0.2) is 0 Å². The van der Waals surface area contributed by atoms with Gasteiger partial charge in [-0.2, -0.15) is 0 Å². The number of nitrogens with zero attached hydrogens (tertiary/aromatic N) is 1. The van der Waals surface area contributed by atoms with Crippen LogP contribution in [-0.4, -0.2) is 53.7 Å². The second-order valence-corrected chi connectivity index (χ2v) is 9.61. The molecule has 1 heterocycles. The predicted molar refractivity (Wildman–Crippen MR) is 133 cm³/mol. The van der Waals surface area contributed by atoms with Crippen LogP contribution in [0.1, 0.15) is 62.5 Å². The molecule has 2 aliphatic rings. The maximum atomic E-state index is 12.7. The summed E-state index contributed by atoms with van der Waals surface area (Å²) < 4.78 is 5.66. The number of fused-ring (bicyclic) bond motifs is 3. The number of ether oxygens (including phenoxy) is 1. The van der Waals surface area contributed by atoms with Crippen LogP contribution >= 0.6 is 0 Å². The van der Waals surface area contributed by atoms with Crippen LogP contribution in [0.15, 0.2) is 48.5 Å². The summed E-state index contributed by atoms with van der Waals surface area (Å²) in [6.07, 6.45) is 2.95. The molecule has 0 aromatic heterocycles. The lowest BCUT2D eigenvalue weighted by molar-refractivity contribution is -0.140. The fourth-order valence-corrected chi connectivity index (χ4v) is 5.22. The van der Waals surface area contributed by atoms with Gasteiger partial charge in [-0.05, 0) is 47.4 Å². The van der Waals surface area contributed by atoms with Crippen LogP contribution in [-0.2, 0) is 14.3 Å². The molecule has 0 spiro atoms. The molecule has 1 fully saturated rings. The summed E-state index contributed by atoms with van der Waals surface area (Å²) in [4.78, 5) is 37.8. The summed E-state index contributed by atoms with van der Waals surface area (Å²) in [5.41, 5.74) is 4.69. The molecule has 4 rings (SSSR count). The number of aliphatic carboxylic acids is 1. The molecule has 1 atom stereocenters. The largest absolute Gasteiger partial charge is 0.481 e. The van der Waals surface area contributed by atoms with E-state index in [-0.39, 0.29) is 37.3 Å².